The summed E-state index contributed by atoms with van der Waals surface area (Å²) < 4.78 is 0. The molecule has 0 bridgehead atoms. The highest BCUT2D eigenvalue weighted by Crippen LogP contribution is 2.31. The van der Waals surface area contributed by atoms with Crippen LogP contribution in [0.2, 0.25) is 0 Å². The maximum atomic E-state index is 2.28. The van der Waals surface area contributed by atoms with E-state index in [0.717, 1.165) is 0 Å². The quantitative estimate of drug-likeness (QED) is 0.397. The molecule has 0 spiro atoms. The third kappa shape index (κ3) is 2.64. The largest absolute Gasteiger partial charge is 0.0622 e. The number of hydrogen-bond donors (Lipinski definition) is 0. The van der Waals surface area contributed by atoms with Gasteiger partial charge in [-0.1, -0.05) is 90.5 Å². The first kappa shape index (κ1) is 13.8. The molecule has 0 N–H and O–H groups in total. The van der Waals surface area contributed by atoms with Crippen molar-refractivity contribution in [3.63, 3.8) is 0 Å². The molecule has 0 unspecified atom stereocenters. The van der Waals surface area contributed by atoms with Gasteiger partial charge >= 0.3 is 0 Å². The van der Waals surface area contributed by atoms with Gasteiger partial charge in [-0.15, -0.1) is 0 Å². The standard InChI is InChI=1S/C23H18/c1-17-13-14-23-20(15-17)11-6-12-22(23)21-10-5-9-19(16-21)18-7-3-2-4-8-18/h2-16H,1H3. The zero-order chi connectivity index (χ0) is 15.6. The van der Waals surface area contributed by atoms with Crippen molar-refractivity contribution in [3.8, 4) is 22.3 Å². The van der Waals surface area contributed by atoms with E-state index in [1.807, 2.05) is 0 Å². The smallest absolute Gasteiger partial charge is 0.0105 e. The average Bonchev–Trinajstić information content (AvgIpc) is 2.62. The van der Waals surface area contributed by atoms with Crippen molar-refractivity contribution in [3.05, 3.63) is 96.6 Å². The highest BCUT2D eigenvalue weighted by atomic mass is 14.1. The van der Waals surface area contributed by atoms with E-state index in [4.69, 9.17) is 0 Å². The average molecular weight is 294 g/mol. The maximum Gasteiger partial charge on any atom is -0.0105 e. The Balaban J connectivity index is 1.89. The lowest BCUT2D eigenvalue weighted by Crippen LogP contribution is -1.84. The van der Waals surface area contributed by atoms with Gasteiger partial charge in [0.15, 0.2) is 0 Å². The van der Waals surface area contributed by atoms with Gasteiger partial charge in [0.25, 0.3) is 0 Å². The minimum Gasteiger partial charge on any atom is -0.0622 e. The van der Waals surface area contributed by atoms with E-state index in [-0.39, 0.29) is 0 Å². The Labute approximate surface area is 137 Å². The van der Waals surface area contributed by atoms with Gasteiger partial charge in [0, 0.05) is 0 Å². The van der Waals surface area contributed by atoms with E-state index < -0.39 is 0 Å². The highest BCUT2D eigenvalue weighted by Gasteiger charge is 2.05. The van der Waals surface area contributed by atoms with Crippen LogP contribution in [0.25, 0.3) is 33.0 Å². The van der Waals surface area contributed by atoms with Crippen LogP contribution in [0.5, 0.6) is 0 Å². The molecular weight excluding hydrogens is 276 g/mol. The van der Waals surface area contributed by atoms with Crippen molar-refractivity contribution >= 4 is 10.8 Å². The van der Waals surface area contributed by atoms with Gasteiger partial charge < -0.3 is 0 Å². The number of fused-ring (bicyclic) bond motifs is 1. The molecule has 0 saturated heterocycles. The third-order valence-electron chi connectivity index (χ3n) is 4.32. The lowest BCUT2D eigenvalue weighted by atomic mass is 9.94. The zero-order valence-corrected chi connectivity index (χ0v) is 13.2. The molecule has 0 radical (unpaired) electrons. The SMILES string of the molecule is Cc1ccc2c(-c3cccc(-c4ccccc4)c3)cccc2c1. The van der Waals surface area contributed by atoms with E-state index in [2.05, 4.69) is 97.9 Å². The van der Waals surface area contributed by atoms with Crippen LogP contribution in [0.3, 0.4) is 0 Å². The lowest BCUT2D eigenvalue weighted by molar-refractivity contribution is 1.50. The van der Waals surface area contributed by atoms with Crippen molar-refractivity contribution in [1.82, 2.24) is 0 Å². The Morgan fingerprint density at radius 3 is 2.13 bits per heavy atom. The van der Waals surface area contributed by atoms with Gasteiger partial charge in [-0.2, -0.15) is 0 Å². The Kier molecular flexibility index (Phi) is 3.44. The van der Waals surface area contributed by atoms with Gasteiger partial charge in [-0.05, 0) is 46.0 Å². The van der Waals surface area contributed by atoms with Crippen LogP contribution in [-0.2, 0) is 0 Å². The molecule has 23 heavy (non-hydrogen) atoms. The second-order valence-corrected chi connectivity index (χ2v) is 5.98. The summed E-state index contributed by atoms with van der Waals surface area (Å²) in [6.45, 7) is 2.14. The molecular formula is C23H18. The van der Waals surface area contributed by atoms with Crippen LogP contribution in [-0.4, -0.2) is 0 Å². The van der Waals surface area contributed by atoms with Gasteiger partial charge in [-0.25, -0.2) is 0 Å². The van der Waals surface area contributed by atoms with Crippen molar-refractivity contribution in [2.75, 3.05) is 0 Å². The van der Waals surface area contributed by atoms with E-state index in [1.165, 1.54) is 38.6 Å². The predicted molar refractivity (Wildman–Crippen MR) is 99.6 cm³/mol. The fraction of sp³-hybridized carbons (Fsp3) is 0.0435. The fourth-order valence-electron chi connectivity index (χ4n) is 3.15. The van der Waals surface area contributed by atoms with E-state index >= 15 is 0 Å². The first-order valence-corrected chi connectivity index (χ1v) is 7.96. The Bertz CT molecular complexity index is 965. The van der Waals surface area contributed by atoms with Crippen LogP contribution in [0.15, 0.2) is 91.0 Å². The minimum absolute atomic E-state index is 1.26. The summed E-state index contributed by atoms with van der Waals surface area (Å²) in [6, 6.07) is 32.6. The monoisotopic (exact) mass is 294 g/mol. The Morgan fingerprint density at radius 2 is 1.26 bits per heavy atom. The molecule has 0 fully saturated rings. The highest BCUT2D eigenvalue weighted by molar-refractivity contribution is 5.97. The minimum atomic E-state index is 1.26. The molecule has 0 heterocycles. The van der Waals surface area contributed by atoms with Crippen molar-refractivity contribution in [2.45, 2.75) is 6.92 Å². The Morgan fingerprint density at radius 1 is 0.522 bits per heavy atom. The Hall–Kier alpha value is -2.86. The molecule has 0 heteroatoms. The second-order valence-electron chi connectivity index (χ2n) is 5.98. The van der Waals surface area contributed by atoms with Crippen molar-refractivity contribution in [1.29, 1.82) is 0 Å². The van der Waals surface area contributed by atoms with Crippen LogP contribution < -0.4 is 0 Å². The first-order chi connectivity index (χ1) is 11.3. The number of benzene rings is 4. The molecule has 110 valence electrons. The second kappa shape index (κ2) is 5.73. The summed E-state index contributed by atoms with van der Waals surface area (Å²) in [5.41, 5.74) is 6.37. The number of hydrogen-bond acceptors (Lipinski definition) is 0. The van der Waals surface area contributed by atoms with E-state index in [0.29, 0.717) is 0 Å². The van der Waals surface area contributed by atoms with Crippen molar-refractivity contribution in [2.24, 2.45) is 0 Å². The lowest BCUT2D eigenvalue weighted by Gasteiger charge is -2.10. The van der Waals surface area contributed by atoms with Crippen molar-refractivity contribution < 1.29 is 0 Å². The van der Waals surface area contributed by atoms with Crippen LogP contribution >= 0.6 is 0 Å². The predicted octanol–water partition coefficient (Wildman–Crippen LogP) is 6.48. The molecule has 0 aliphatic heterocycles. The normalized spacial score (nSPS) is 10.8. The topological polar surface area (TPSA) is 0 Å². The number of rotatable bonds is 2. The summed E-state index contributed by atoms with van der Waals surface area (Å²) in [6.07, 6.45) is 0. The van der Waals surface area contributed by atoms with Crippen LogP contribution in [0.1, 0.15) is 5.56 Å². The van der Waals surface area contributed by atoms with Gasteiger partial charge in [0.1, 0.15) is 0 Å². The molecule has 0 saturated carbocycles. The molecule has 0 atom stereocenters. The molecule has 4 rings (SSSR count). The summed E-state index contributed by atoms with van der Waals surface area (Å²) in [5.74, 6) is 0. The summed E-state index contributed by atoms with van der Waals surface area (Å²) in [7, 11) is 0. The maximum absolute atomic E-state index is 2.28. The van der Waals surface area contributed by atoms with E-state index in [1.54, 1.807) is 0 Å². The molecule has 0 aromatic heterocycles. The summed E-state index contributed by atoms with van der Waals surface area (Å²) >= 11 is 0. The van der Waals surface area contributed by atoms with Gasteiger partial charge in [-0.3, -0.25) is 0 Å². The zero-order valence-electron chi connectivity index (χ0n) is 13.2. The fourth-order valence-corrected chi connectivity index (χ4v) is 3.15. The summed E-state index contributed by atoms with van der Waals surface area (Å²) in [5, 5.41) is 2.61. The molecule has 4 aromatic carbocycles. The van der Waals surface area contributed by atoms with Gasteiger partial charge in [0.05, 0.1) is 0 Å². The molecule has 0 amide bonds. The molecule has 0 aliphatic carbocycles. The molecule has 4 aromatic rings. The number of aryl methyl sites for hydroxylation is 1. The molecule has 0 aliphatic rings. The summed E-state index contributed by atoms with van der Waals surface area (Å²) in [4.78, 5) is 0. The van der Waals surface area contributed by atoms with E-state index in [9.17, 15) is 0 Å². The molecule has 0 nitrogen and oxygen atoms in total. The van der Waals surface area contributed by atoms with Gasteiger partial charge in [0.2, 0.25) is 0 Å². The third-order valence-corrected chi connectivity index (χ3v) is 4.32. The van der Waals surface area contributed by atoms with Crippen LogP contribution in [0, 0.1) is 6.92 Å². The van der Waals surface area contributed by atoms with Crippen LogP contribution in [0.4, 0.5) is 0 Å². The first-order valence-electron chi connectivity index (χ1n) is 7.96.